The third-order valence-corrected chi connectivity index (χ3v) is 6.13. The van der Waals surface area contributed by atoms with Crippen LogP contribution in [0.25, 0.3) is 0 Å². The van der Waals surface area contributed by atoms with E-state index < -0.39 is 0 Å². The molecule has 0 aromatic carbocycles. The van der Waals surface area contributed by atoms with Gasteiger partial charge in [0.15, 0.2) is 0 Å². The molecule has 0 aromatic heterocycles. The molecule has 2 aliphatic rings. The molecule has 0 bridgehead atoms. The first-order valence-electron chi connectivity index (χ1n) is 8.27. The van der Waals surface area contributed by atoms with Gasteiger partial charge in [0.1, 0.15) is 0 Å². The molecule has 0 spiro atoms. The Bertz CT molecular complexity index is 299. The maximum Gasteiger partial charge on any atom is 0.221 e. The van der Waals surface area contributed by atoms with E-state index in [2.05, 4.69) is 24.5 Å². The lowest BCUT2D eigenvalue weighted by Crippen LogP contribution is -2.45. The summed E-state index contributed by atoms with van der Waals surface area (Å²) in [6.45, 7) is 5.53. The maximum atomic E-state index is 12.1. The standard InChI is InChI=1S/C16H30N2OS/c1-12(14-6-4-3-5-7-14)13(2)18-16(19)10-15-11-20-9-8-17-15/h12-15,17H,3-11H2,1-2H3,(H,18,19). The topological polar surface area (TPSA) is 41.1 Å². The van der Waals surface area contributed by atoms with Crippen molar-refractivity contribution < 1.29 is 4.79 Å². The molecule has 3 unspecified atom stereocenters. The number of hydrogen-bond donors (Lipinski definition) is 2. The van der Waals surface area contributed by atoms with Crippen LogP contribution in [0.15, 0.2) is 0 Å². The summed E-state index contributed by atoms with van der Waals surface area (Å²) in [7, 11) is 0. The predicted molar refractivity (Wildman–Crippen MR) is 87.1 cm³/mol. The van der Waals surface area contributed by atoms with Crippen LogP contribution in [0.5, 0.6) is 0 Å². The highest BCUT2D eigenvalue weighted by molar-refractivity contribution is 7.99. The zero-order valence-electron chi connectivity index (χ0n) is 13.0. The van der Waals surface area contributed by atoms with Gasteiger partial charge in [-0.25, -0.2) is 0 Å². The van der Waals surface area contributed by atoms with Crippen molar-refractivity contribution in [3.63, 3.8) is 0 Å². The number of rotatable bonds is 5. The highest BCUT2D eigenvalue weighted by Gasteiger charge is 2.26. The van der Waals surface area contributed by atoms with E-state index in [9.17, 15) is 4.79 Å². The van der Waals surface area contributed by atoms with Gasteiger partial charge in [-0.1, -0.05) is 39.0 Å². The summed E-state index contributed by atoms with van der Waals surface area (Å²) in [5.74, 6) is 3.88. The van der Waals surface area contributed by atoms with E-state index in [1.165, 1.54) is 37.9 Å². The molecule has 0 aromatic rings. The molecule has 1 aliphatic carbocycles. The van der Waals surface area contributed by atoms with Crippen molar-refractivity contribution in [2.45, 2.75) is 64.5 Å². The van der Waals surface area contributed by atoms with E-state index in [0.29, 0.717) is 24.4 Å². The van der Waals surface area contributed by atoms with Crippen LogP contribution in [0.1, 0.15) is 52.4 Å². The fourth-order valence-electron chi connectivity index (χ4n) is 3.49. The molecule has 2 N–H and O–H groups in total. The van der Waals surface area contributed by atoms with Crippen LogP contribution in [0.3, 0.4) is 0 Å². The fourth-order valence-corrected chi connectivity index (χ4v) is 4.44. The monoisotopic (exact) mass is 298 g/mol. The Balaban J connectivity index is 1.71. The van der Waals surface area contributed by atoms with E-state index in [1.807, 2.05) is 11.8 Å². The lowest BCUT2D eigenvalue weighted by molar-refractivity contribution is -0.122. The lowest BCUT2D eigenvalue weighted by Gasteiger charge is -2.32. The highest BCUT2D eigenvalue weighted by Crippen LogP contribution is 2.31. The Morgan fingerprint density at radius 3 is 2.70 bits per heavy atom. The molecule has 1 amide bonds. The number of nitrogens with one attached hydrogen (secondary N) is 2. The van der Waals surface area contributed by atoms with E-state index in [4.69, 9.17) is 0 Å². The van der Waals surface area contributed by atoms with Gasteiger partial charge >= 0.3 is 0 Å². The Morgan fingerprint density at radius 1 is 1.30 bits per heavy atom. The van der Waals surface area contributed by atoms with Gasteiger partial charge < -0.3 is 10.6 Å². The normalized spacial score (nSPS) is 27.8. The number of carbonyl (C=O) groups is 1. The van der Waals surface area contributed by atoms with Gasteiger partial charge in [0.2, 0.25) is 5.91 Å². The Hall–Kier alpha value is -0.220. The van der Waals surface area contributed by atoms with Gasteiger partial charge in [-0.15, -0.1) is 0 Å². The van der Waals surface area contributed by atoms with Crippen molar-refractivity contribution in [2.75, 3.05) is 18.1 Å². The average molecular weight is 298 g/mol. The first-order chi connectivity index (χ1) is 9.66. The summed E-state index contributed by atoms with van der Waals surface area (Å²) in [6.07, 6.45) is 7.48. The fraction of sp³-hybridized carbons (Fsp3) is 0.938. The van der Waals surface area contributed by atoms with E-state index in [-0.39, 0.29) is 5.91 Å². The molecular formula is C16H30N2OS. The van der Waals surface area contributed by atoms with Crippen molar-refractivity contribution in [3.05, 3.63) is 0 Å². The van der Waals surface area contributed by atoms with Crippen LogP contribution in [-0.4, -0.2) is 36.0 Å². The molecule has 2 rings (SSSR count). The second-order valence-electron chi connectivity index (χ2n) is 6.54. The van der Waals surface area contributed by atoms with Crippen LogP contribution in [0.4, 0.5) is 0 Å². The van der Waals surface area contributed by atoms with Crippen LogP contribution >= 0.6 is 11.8 Å². The van der Waals surface area contributed by atoms with Crippen LogP contribution in [0, 0.1) is 11.8 Å². The highest BCUT2D eigenvalue weighted by atomic mass is 32.2. The molecule has 1 saturated carbocycles. The lowest BCUT2D eigenvalue weighted by atomic mass is 9.78. The van der Waals surface area contributed by atoms with Crippen LogP contribution < -0.4 is 10.6 Å². The van der Waals surface area contributed by atoms with Crippen LogP contribution in [-0.2, 0) is 4.79 Å². The van der Waals surface area contributed by atoms with Crippen molar-refractivity contribution in [1.82, 2.24) is 10.6 Å². The first kappa shape index (κ1) is 16.2. The third-order valence-electron chi connectivity index (χ3n) is 5.00. The molecule has 4 heteroatoms. The number of carbonyl (C=O) groups excluding carboxylic acids is 1. The van der Waals surface area contributed by atoms with Gasteiger partial charge in [0, 0.05) is 36.6 Å². The quantitative estimate of drug-likeness (QED) is 0.820. The van der Waals surface area contributed by atoms with Crippen molar-refractivity contribution in [3.8, 4) is 0 Å². The summed E-state index contributed by atoms with van der Waals surface area (Å²) >= 11 is 1.95. The predicted octanol–water partition coefficient (Wildman–Crippen LogP) is 2.80. The zero-order chi connectivity index (χ0) is 14.4. The van der Waals surface area contributed by atoms with Crippen molar-refractivity contribution in [2.24, 2.45) is 11.8 Å². The summed E-state index contributed by atoms with van der Waals surface area (Å²) in [5, 5.41) is 6.67. The molecule has 116 valence electrons. The second-order valence-corrected chi connectivity index (χ2v) is 7.69. The van der Waals surface area contributed by atoms with E-state index >= 15 is 0 Å². The third kappa shape index (κ3) is 4.96. The molecule has 0 radical (unpaired) electrons. The Kier molecular flexibility index (Phi) is 6.69. The molecule has 1 heterocycles. The minimum atomic E-state index is 0.222. The Labute approximate surface area is 128 Å². The minimum absolute atomic E-state index is 0.222. The van der Waals surface area contributed by atoms with Crippen LogP contribution in [0.2, 0.25) is 0 Å². The smallest absolute Gasteiger partial charge is 0.221 e. The van der Waals surface area contributed by atoms with Gasteiger partial charge in [0.25, 0.3) is 0 Å². The van der Waals surface area contributed by atoms with Gasteiger partial charge in [-0.3, -0.25) is 4.79 Å². The summed E-state index contributed by atoms with van der Waals surface area (Å²) in [4.78, 5) is 12.1. The first-order valence-corrected chi connectivity index (χ1v) is 9.42. The number of thioether (sulfide) groups is 1. The van der Waals surface area contributed by atoms with Crippen molar-refractivity contribution >= 4 is 17.7 Å². The summed E-state index contributed by atoms with van der Waals surface area (Å²) < 4.78 is 0. The van der Waals surface area contributed by atoms with Gasteiger partial charge in [0.05, 0.1) is 0 Å². The van der Waals surface area contributed by atoms with Gasteiger partial charge in [-0.05, 0) is 18.8 Å². The largest absolute Gasteiger partial charge is 0.353 e. The van der Waals surface area contributed by atoms with Crippen molar-refractivity contribution in [1.29, 1.82) is 0 Å². The molecule has 1 saturated heterocycles. The SMILES string of the molecule is CC(NC(=O)CC1CSCCN1)C(C)C1CCCCC1. The van der Waals surface area contributed by atoms with Gasteiger partial charge in [-0.2, -0.15) is 11.8 Å². The molecule has 20 heavy (non-hydrogen) atoms. The summed E-state index contributed by atoms with van der Waals surface area (Å²) in [5.41, 5.74) is 0. The maximum absolute atomic E-state index is 12.1. The minimum Gasteiger partial charge on any atom is -0.353 e. The molecular weight excluding hydrogens is 268 g/mol. The summed E-state index contributed by atoms with van der Waals surface area (Å²) in [6, 6.07) is 0.674. The number of hydrogen-bond acceptors (Lipinski definition) is 3. The van der Waals surface area contributed by atoms with E-state index in [1.54, 1.807) is 0 Å². The zero-order valence-corrected chi connectivity index (χ0v) is 13.8. The Morgan fingerprint density at radius 2 is 2.05 bits per heavy atom. The number of amides is 1. The molecule has 1 aliphatic heterocycles. The van der Waals surface area contributed by atoms with E-state index in [0.717, 1.165) is 18.2 Å². The second kappa shape index (κ2) is 8.28. The molecule has 3 atom stereocenters. The molecule has 2 fully saturated rings. The average Bonchev–Trinajstić information content (AvgIpc) is 2.48. The molecule has 3 nitrogen and oxygen atoms in total.